The van der Waals surface area contributed by atoms with Crippen LogP contribution in [0, 0.1) is 13.8 Å². The summed E-state index contributed by atoms with van der Waals surface area (Å²) in [5.41, 5.74) is 2.60. The van der Waals surface area contributed by atoms with Crippen molar-refractivity contribution < 1.29 is 14.3 Å². The number of carbonyl (C=O) groups is 2. The first-order valence-corrected chi connectivity index (χ1v) is 9.62. The number of benzene rings is 1. The van der Waals surface area contributed by atoms with Crippen LogP contribution >= 0.6 is 11.3 Å². The summed E-state index contributed by atoms with van der Waals surface area (Å²) in [5, 5.41) is 1.98. The molecule has 1 aromatic carbocycles. The van der Waals surface area contributed by atoms with E-state index in [1.165, 1.54) is 0 Å². The lowest BCUT2D eigenvalue weighted by atomic mass is 10.0. The number of hydrogen-bond acceptors (Lipinski definition) is 4. The molecule has 1 fully saturated rings. The summed E-state index contributed by atoms with van der Waals surface area (Å²) in [6.07, 6.45) is 0.441. The van der Waals surface area contributed by atoms with Crippen LogP contribution < -0.4 is 4.74 Å². The number of aryl methyl sites for hydroxylation is 2. The molecule has 2 heterocycles. The number of rotatable bonds is 4. The van der Waals surface area contributed by atoms with Crippen molar-refractivity contribution in [3.8, 4) is 5.75 Å². The third-order valence-corrected chi connectivity index (χ3v) is 5.56. The average molecular weight is 372 g/mol. The van der Waals surface area contributed by atoms with E-state index >= 15 is 0 Å². The first-order chi connectivity index (χ1) is 12.5. The fourth-order valence-electron chi connectivity index (χ4n) is 3.39. The van der Waals surface area contributed by atoms with Crippen molar-refractivity contribution in [3.63, 3.8) is 0 Å². The van der Waals surface area contributed by atoms with Crippen LogP contribution in [0.25, 0.3) is 0 Å². The van der Waals surface area contributed by atoms with Crippen molar-refractivity contribution in [1.82, 2.24) is 9.80 Å². The summed E-state index contributed by atoms with van der Waals surface area (Å²) in [5.74, 6) is 0.735. The third-order valence-electron chi connectivity index (χ3n) is 4.68. The average Bonchev–Trinajstić information content (AvgIpc) is 3.13. The molecule has 138 valence electrons. The Morgan fingerprint density at radius 3 is 2.42 bits per heavy atom. The smallest absolute Gasteiger partial charge is 0.257 e. The van der Waals surface area contributed by atoms with E-state index in [-0.39, 0.29) is 11.8 Å². The van der Waals surface area contributed by atoms with E-state index in [9.17, 15) is 9.59 Å². The summed E-state index contributed by atoms with van der Waals surface area (Å²) >= 11 is 1.60. The van der Waals surface area contributed by atoms with Gasteiger partial charge in [0.2, 0.25) is 5.91 Å². The van der Waals surface area contributed by atoms with Gasteiger partial charge in [0.25, 0.3) is 5.91 Å². The number of methoxy groups -OCH3 is 1. The second-order valence-electron chi connectivity index (χ2n) is 6.59. The molecule has 2 amide bonds. The normalized spacial score (nSPS) is 14.4. The molecule has 0 saturated carbocycles. The molecule has 0 N–H and O–H groups in total. The van der Waals surface area contributed by atoms with Gasteiger partial charge in [-0.1, -0.05) is 12.1 Å². The van der Waals surface area contributed by atoms with Gasteiger partial charge in [0.05, 0.1) is 19.1 Å². The Labute approximate surface area is 158 Å². The van der Waals surface area contributed by atoms with Gasteiger partial charge in [0.15, 0.2) is 0 Å². The molecule has 0 aliphatic carbocycles. The van der Waals surface area contributed by atoms with Crippen LogP contribution in [0.5, 0.6) is 5.75 Å². The Morgan fingerprint density at radius 1 is 1.12 bits per heavy atom. The number of ether oxygens (including phenoxy) is 1. The van der Waals surface area contributed by atoms with Gasteiger partial charge in [-0.2, -0.15) is 0 Å². The van der Waals surface area contributed by atoms with E-state index in [4.69, 9.17) is 4.74 Å². The molecule has 1 aliphatic heterocycles. The Kier molecular flexibility index (Phi) is 5.61. The maximum atomic E-state index is 13.0. The highest BCUT2D eigenvalue weighted by Gasteiger charge is 2.27. The number of piperazine rings is 1. The summed E-state index contributed by atoms with van der Waals surface area (Å²) in [4.78, 5) is 30.1. The zero-order chi connectivity index (χ0) is 18.7. The van der Waals surface area contributed by atoms with Gasteiger partial charge in [0.1, 0.15) is 5.75 Å². The first-order valence-electron chi connectivity index (χ1n) is 8.74. The van der Waals surface area contributed by atoms with Gasteiger partial charge in [-0.15, -0.1) is 11.3 Å². The summed E-state index contributed by atoms with van der Waals surface area (Å²) in [7, 11) is 1.59. The van der Waals surface area contributed by atoms with Crippen LogP contribution in [0.1, 0.15) is 26.4 Å². The van der Waals surface area contributed by atoms with Crippen molar-refractivity contribution in [2.75, 3.05) is 33.3 Å². The molecule has 0 atom stereocenters. The van der Waals surface area contributed by atoms with Crippen LogP contribution in [-0.2, 0) is 11.2 Å². The Hall–Kier alpha value is -2.34. The van der Waals surface area contributed by atoms with Gasteiger partial charge < -0.3 is 14.5 Å². The number of thiophene rings is 1. The van der Waals surface area contributed by atoms with E-state index in [0.29, 0.717) is 43.9 Å². The second kappa shape index (κ2) is 7.91. The molecule has 5 nitrogen and oxygen atoms in total. The number of amides is 2. The van der Waals surface area contributed by atoms with Crippen LogP contribution in [-0.4, -0.2) is 54.9 Å². The predicted molar refractivity (Wildman–Crippen MR) is 103 cm³/mol. The number of hydrogen-bond donors (Lipinski definition) is 0. The quantitative estimate of drug-likeness (QED) is 0.829. The van der Waals surface area contributed by atoms with Crippen molar-refractivity contribution in [2.45, 2.75) is 20.3 Å². The SMILES string of the molecule is COc1c(C)cc(C)cc1C(=O)N1CCN(C(=O)Cc2cccs2)CC1. The molecular weight excluding hydrogens is 348 g/mol. The van der Waals surface area contributed by atoms with Crippen molar-refractivity contribution >= 4 is 23.2 Å². The van der Waals surface area contributed by atoms with Gasteiger partial charge in [0, 0.05) is 31.1 Å². The Balaban J connectivity index is 1.65. The summed E-state index contributed by atoms with van der Waals surface area (Å²) in [6.45, 7) is 6.16. The zero-order valence-corrected chi connectivity index (χ0v) is 16.3. The van der Waals surface area contributed by atoms with Crippen LogP contribution in [0.4, 0.5) is 0 Å². The van der Waals surface area contributed by atoms with Gasteiger partial charge in [-0.3, -0.25) is 9.59 Å². The summed E-state index contributed by atoms with van der Waals surface area (Å²) in [6, 6.07) is 7.83. The molecule has 1 saturated heterocycles. The van der Waals surface area contributed by atoms with Gasteiger partial charge in [-0.05, 0) is 42.5 Å². The molecule has 1 aliphatic rings. The molecule has 6 heteroatoms. The van der Waals surface area contributed by atoms with E-state index in [2.05, 4.69) is 0 Å². The lowest BCUT2D eigenvalue weighted by Crippen LogP contribution is -2.51. The van der Waals surface area contributed by atoms with Crippen molar-refractivity contribution in [1.29, 1.82) is 0 Å². The van der Waals surface area contributed by atoms with Crippen LogP contribution in [0.15, 0.2) is 29.6 Å². The zero-order valence-electron chi connectivity index (χ0n) is 15.4. The third kappa shape index (κ3) is 3.90. The van der Waals surface area contributed by atoms with E-state index in [1.54, 1.807) is 18.4 Å². The predicted octanol–water partition coefficient (Wildman–Crippen LogP) is 2.90. The van der Waals surface area contributed by atoms with E-state index < -0.39 is 0 Å². The van der Waals surface area contributed by atoms with Crippen molar-refractivity contribution in [3.05, 3.63) is 51.2 Å². The molecule has 0 radical (unpaired) electrons. The largest absolute Gasteiger partial charge is 0.496 e. The maximum Gasteiger partial charge on any atom is 0.257 e. The number of carbonyl (C=O) groups excluding carboxylic acids is 2. The summed E-state index contributed by atoms with van der Waals surface area (Å²) < 4.78 is 5.45. The lowest BCUT2D eigenvalue weighted by Gasteiger charge is -2.35. The molecule has 0 bridgehead atoms. The monoisotopic (exact) mass is 372 g/mol. The molecule has 0 unspecified atom stereocenters. The van der Waals surface area contributed by atoms with E-state index in [0.717, 1.165) is 16.0 Å². The molecular formula is C20H24N2O3S. The highest BCUT2D eigenvalue weighted by molar-refractivity contribution is 7.10. The lowest BCUT2D eigenvalue weighted by molar-refractivity contribution is -0.131. The van der Waals surface area contributed by atoms with Crippen LogP contribution in [0.2, 0.25) is 0 Å². The minimum atomic E-state index is -0.0287. The second-order valence-corrected chi connectivity index (χ2v) is 7.62. The fraction of sp³-hybridized carbons (Fsp3) is 0.400. The van der Waals surface area contributed by atoms with Gasteiger partial charge >= 0.3 is 0 Å². The first kappa shape index (κ1) is 18.5. The number of nitrogens with zero attached hydrogens (tertiary/aromatic N) is 2. The topological polar surface area (TPSA) is 49.9 Å². The molecule has 2 aromatic rings. The minimum absolute atomic E-state index is 0.0287. The minimum Gasteiger partial charge on any atom is -0.496 e. The highest BCUT2D eigenvalue weighted by atomic mass is 32.1. The standard InChI is InChI=1S/C20H24N2O3S/c1-14-11-15(2)19(25-3)17(12-14)20(24)22-8-6-21(7-9-22)18(23)13-16-5-4-10-26-16/h4-5,10-12H,6-9,13H2,1-3H3. The van der Waals surface area contributed by atoms with Crippen LogP contribution in [0.3, 0.4) is 0 Å². The maximum absolute atomic E-state index is 13.0. The highest BCUT2D eigenvalue weighted by Crippen LogP contribution is 2.26. The van der Waals surface area contributed by atoms with Gasteiger partial charge in [-0.25, -0.2) is 0 Å². The molecule has 3 rings (SSSR count). The molecule has 0 spiro atoms. The van der Waals surface area contributed by atoms with Crippen molar-refractivity contribution in [2.24, 2.45) is 0 Å². The molecule has 1 aromatic heterocycles. The van der Waals surface area contributed by atoms with E-state index in [1.807, 2.05) is 53.3 Å². The fourth-order valence-corrected chi connectivity index (χ4v) is 4.08. The molecule has 26 heavy (non-hydrogen) atoms. The Bertz CT molecular complexity index is 794. The Morgan fingerprint density at radius 2 is 1.81 bits per heavy atom.